The Morgan fingerprint density at radius 2 is 2.00 bits per heavy atom. The van der Waals surface area contributed by atoms with Crippen LogP contribution in [0.25, 0.3) is 0 Å². The number of hydrogen-bond acceptors (Lipinski definition) is 2. The van der Waals surface area contributed by atoms with E-state index in [1.807, 2.05) is 24.3 Å². The largest absolute Gasteiger partial charge is 0.363 e. The number of rotatable bonds is 1. The van der Waals surface area contributed by atoms with Gasteiger partial charge in [0.15, 0.2) is 0 Å². The molecule has 0 spiro atoms. The number of hydrogen-bond donors (Lipinski definition) is 1. The Kier molecular flexibility index (Phi) is 3.00. The molecule has 1 aliphatic rings. The van der Waals surface area contributed by atoms with E-state index in [0.717, 1.165) is 9.34 Å². The Morgan fingerprint density at radius 3 is 2.50 bits per heavy atom. The van der Waals surface area contributed by atoms with E-state index >= 15 is 0 Å². The van der Waals surface area contributed by atoms with Gasteiger partial charge in [-0.1, -0.05) is 54.6 Å². The third-order valence-electron chi connectivity index (χ3n) is 2.26. The summed E-state index contributed by atoms with van der Waals surface area (Å²) in [6.07, 6.45) is 0. The first-order valence-corrected chi connectivity index (χ1v) is 6.06. The lowest BCUT2D eigenvalue weighted by atomic mass is 10.1. The first kappa shape index (κ1) is 10.3. The van der Waals surface area contributed by atoms with Gasteiger partial charge in [-0.2, -0.15) is 0 Å². The normalized spacial score (nSPS) is 26.3. The van der Waals surface area contributed by atoms with E-state index in [9.17, 15) is 0 Å². The SMILES string of the molecule is C[C@H]1SC(=S)N[C@@H]1c1ccc(Cl)cc1. The highest BCUT2D eigenvalue weighted by atomic mass is 35.5. The molecule has 0 bridgehead atoms. The number of halogens is 1. The van der Waals surface area contributed by atoms with Gasteiger partial charge in [-0.15, -0.1) is 0 Å². The third-order valence-corrected chi connectivity index (χ3v) is 3.90. The molecule has 2 atom stereocenters. The summed E-state index contributed by atoms with van der Waals surface area (Å²) < 4.78 is 0.887. The van der Waals surface area contributed by atoms with Crippen molar-refractivity contribution in [3.05, 3.63) is 34.9 Å². The average Bonchev–Trinajstić information content (AvgIpc) is 2.47. The minimum Gasteiger partial charge on any atom is -0.363 e. The summed E-state index contributed by atoms with van der Waals surface area (Å²) in [5.74, 6) is 0. The average molecular weight is 244 g/mol. The highest BCUT2D eigenvalue weighted by molar-refractivity contribution is 8.23. The minimum absolute atomic E-state index is 0.324. The van der Waals surface area contributed by atoms with Crippen molar-refractivity contribution >= 4 is 39.9 Å². The Bertz CT molecular complexity index is 350. The van der Waals surface area contributed by atoms with Crippen molar-refractivity contribution in [2.24, 2.45) is 0 Å². The van der Waals surface area contributed by atoms with Gasteiger partial charge in [0.1, 0.15) is 4.32 Å². The van der Waals surface area contributed by atoms with Gasteiger partial charge in [-0.05, 0) is 17.7 Å². The van der Waals surface area contributed by atoms with Crippen LogP contribution in [0, 0.1) is 0 Å². The Labute approximate surface area is 98.2 Å². The van der Waals surface area contributed by atoms with E-state index in [2.05, 4.69) is 12.2 Å². The number of thioether (sulfide) groups is 1. The van der Waals surface area contributed by atoms with Gasteiger partial charge in [-0.3, -0.25) is 0 Å². The molecule has 2 rings (SSSR count). The van der Waals surface area contributed by atoms with E-state index in [1.54, 1.807) is 11.8 Å². The Morgan fingerprint density at radius 1 is 1.36 bits per heavy atom. The molecular weight excluding hydrogens is 234 g/mol. The van der Waals surface area contributed by atoms with Crippen LogP contribution in [0.2, 0.25) is 5.02 Å². The van der Waals surface area contributed by atoms with Crippen molar-refractivity contribution in [1.29, 1.82) is 0 Å². The molecule has 1 N–H and O–H groups in total. The third kappa shape index (κ3) is 2.05. The molecule has 1 aromatic carbocycles. The van der Waals surface area contributed by atoms with E-state index in [0.29, 0.717) is 11.3 Å². The quantitative estimate of drug-likeness (QED) is 0.760. The molecule has 0 radical (unpaired) electrons. The van der Waals surface area contributed by atoms with Crippen LogP contribution < -0.4 is 5.32 Å². The summed E-state index contributed by atoms with van der Waals surface area (Å²) in [7, 11) is 0. The van der Waals surface area contributed by atoms with Crippen LogP contribution in [0.3, 0.4) is 0 Å². The van der Waals surface area contributed by atoms with Gasteiger partial charge in [0, 0.05) is 10.3 Å². The molecule has 1 aromatic rings. The number of nitrogens with one attached hydrogen (secondary N) is 1. The van der Waals surface area contributed by atoms with Crippen LogP contribution in [0.5, 0.6) is 0 Å². The van der Waals surface area contributed by atoms with Crippen molar-refractivity contribution in [3.8, 4) is 0 Å². The van der Waals surface area contributed by atoms with Gasteiger partial charge in [0.05, 0.1) is 6.04 Å². The molecule has 1 heterocycles. The molecule has 0 saturated carbocycles. The van der Waals surface area contributed by atoms with E-state index in [4.69, 9.17) is 23.8 Å². The molecular formula is C10H10ClNS2. The highest BCUT2D eigenvalue weighted by Crippen LogP contribution is 2.33. The van der Waals surface area contributed by atoms with Crippen molar-refractivity contribution in [2.75, 3.05) is 0 Å². The second kappa shape index (κ2) is 4.09. The van der Waals surface area contributed by atoms with E-state index in [1.165, 1.54) is 5.56 Å². The first-order valence-electron chi connectivity index (χ1n) is 4.39. The fourth-order valence-corrected chi connectivity index (χ4v) is 3.14. The predicted octanol–water partition coefficient (Wildman–Crippen LogP) is 3.39. The van der Waals surface area contributed by atoms with Crippen LogP contribution in [0.1, 0.15) is 18.5 Å². The van der Waals surface area contributed by atoms with Crippen LogP contribution in [0.4, 0.5) is 0 Å². The Hall–Kier alpha value is -0.250. The van der Waals surface area contributed by atoms with Gasteiger partial charge in [0.25, 0.3) is 0 Å². The summed E-state index contributed by atoms with van der Waals surface area (Å²) in [6, 6.07) is 8.25. The van der Waals surface area contributed by atoms with Crippen molar-refractivity contribution in [2.45, 2.75) is 18.2 Å². The molecule has 1 nitrogen and oxygen atoms in total. The molecule has 1 saturated heterocycles. The summed E-state index contributed by atoms with van der Waals surface area (Å²) in [6.45, 7) is 2.18. The van der Waals surface area contributed by atoms with E-state index in [-0.39, 0.29) is 0 Å². The molecule has 0 aliphatic carbocycles. The maximum atomic E-state index is 5.83. The molecule has 74 valence electrons. The smallest absolute Gasteiger partial charge is 0.134 e. The molecule has 0 unspecified atom stereocenters. The van der Waals surface area contributed by atoms with Crippen LogP contribution in [0.15, 0.2) is 24.3 Å². The second-order valence-electron chi connectivity index (χ2n) is 3.28. The monoisotopic (exact) mass is 243 g/mol. The molecule has 0 aromatic heterocycles. The predicted molar refractivity (Wildman–Crippen MR) is 67.0 cm³/mol. The highest BCUT2D eigenvalue weighted by Gasteiger charge is 2.28. The van der Waals surface area contributed by atoms with Gasteiger partial charge in [-0.25, -0.2) is 0 Å². The van der Waals surface area contributed by atoms with Gasteiger partial charge >= 0.3 is 0 Å². The molecule has 4 heteroatoms. The second-order valence-corrected chi connectivity index (χ2v) is 5.77. The first-order chi connectivity index (χ1) is 6.66. The minimum atomic E-state index is 0.324. The summed E-state index contributed by atoms with van der Waals surface area (Å²) in [5, 5.41) is 4.55. The standard InChI is InChI=1S/C10H10ClNS2/c1-6-9(12-10(13)14-6)7-2-4-8(11)5-3-7/h2-6,9H,1H3,(H,12,13)/t6-,9+/m1/s1. The van der Waals surface area contributed by atoms with E-state index < -0.39 is 0 Å². The fourth-order valence-electron chi connectivity index (χ4n) is 1.54. The van der Waals surface area contributed by atoms with Crippen LogP contribution in [-0.2, 0) is 0 Å². The molecule has 1 fully saturated rings. The lowest BCUT2D eigenvalue weighted by Crippen LogP contribution is -2.20. The zero-order chi connectivity index (χ0) is 10.1. The molecule has 1 aliphatic heterocycles. The van der Waals surface area contributed by atoms with Crippen molar-refractivity contribution < 1.29 is 0 Å². The van der Waals surface area contributed by atoms with Gasteiger partial charge in [0.2, 0.25) is 0 Å². The van der Waals surface area contributed by atoms with Crippen molar-refractivity contribution in [3.63, 3.8) is 0 Å². The van der Waals surface area contributed by atoms with Crippen LogP contribution in [-0.4, -0.2) is 9.57 Å². The van der Waals surface area contributed by atoms with Crippen molar-refractivity contribution in [1.82, 2.24) is 5.32 Å². The molecule has 0 amide bonds. The number of thiocarbonyl (C=S) groups is 1. The fraction of sp³-hybridized carbons (Fsp3) is 0.300. The zero-order valence-electron chi connectivity index (χ0n) is 7.66. The zero-order valence-corrected chi connectivity index (χ0v) is 10.0. The Balaban J connectivity index is 2.23. The summed E-state index contributed by atoms with van der Waals surface area (Å²) >= 11 is 12.7. The summed E-state index contributed by atoms with van der Waals surface area (Å²) in [4.78, 5) is 0. The lowest BCUT2D eigenvalue weighted by molar-refractivity contribution is 0.666. The maximum Gasteiger partial charge on any atom is 0.134 e. The molecule has 14 heavy (non-hydrogen) atoms. The summed E-state index contributed by atoms with van der Waals surface area (Å²) in [5.41, 5.74) is 1.24. The van der Waals surface area contributed by atoms with Crippen LogP contribution >= 0.6 is 35.6 Å². The number of benzene rings is 1. The lowest BCUT2D eigenvalue weighted by Gasteiger charge is -2.14. The van der Waals surface area contributed by atoms with Gasteiger partial charge < -0.3 is 5.32 Å². The maximum absolute atomic E-state index is 5.83. The topological polar surface area (TPSA) is 12.0 Å².